The van der Waals surface area contributed by atoms with Crippen LogP contribution in [0.1, 0.15) is 22.8 Å². The summed E-state index contributed by atoms with van der Waals surface area (Å²) >= 11 is 3.36. The van der Waals surface area contributed by atoms with Gasteiger partial charge in [0.05, 0.1) is 0 Å². The number of amides is 1. The Kier molecular flexibility index (Phi) is 6.64. The first kappa shape index (κ1) is 15.4. The smallest absolute Gasteiger partial charge is 0.251 e. The Labute approximate surface area is 110 Å². The standard InChI is InChI=1S/C11H15BrN2O.ClH/c1-7-3-9(5-10(12)4-7)11(15)14-8(2)6-13;/h3-5,8H,6,13H2,1-2H3,(H,14,15);1H/t8-;/m1./s1. The molecule has 0 saturated heterocycles. The topological polar surface area (TPSA) is 55.1 Å². The summed E-state index contributed by atoms with van der Waals surface area (Å²) in [6, 6.07) is 5.61. The highest BCUT2D eigenvalue weighted by Gasteiger charge is 2.09. The highest BCUT2D eigenvalue weighted by molar-refractivity contribution is 9.10. The number of halogens is 2. The Morgan fingerprint density at radius 1 is 1.50 bits per heavy atom. The van der Waals surface area contributed by atoms with Crippen LogP contribution in [0.25, 0.3) is 0 Å². The lowest BCUT2D eigenvalue weighted by molar-refractivity contribution is 0.0941. The van der Waals surface area contributed by atoms with Crippen LogP contribution in [0.5, 0.6) is 0 Å². The molecule has 0 aliphatic carbocycles. The van der Waals surface area contributed by atoms with Gasteiger partial charge in [0.1, 0.15) is 0 Å². The van der Waals surface area contributed by atoms with Crippen molar-refractivity contribution in [3.63, 3.8) is 0 Å². The van der Waals surface area contributed by atoms with Gasteiger partial charge in [-0.3, -0.25) is 4.79 Å². The first-order valence-corrected chi connectivity index (χ1v) is 5.60. The molecule has 1 rings (SSSR count). The number of carbonyl (C=O) groups excluding carboxylic acids is 1. The van der Waals surface area contributed by atoms with Crippen molar-refractivity contribution in [2.45, 2.75) is 19.9 Å². The molecule has 0 heterocycles. The van der Waals surface area contributed by atoms with Gasteiger partial charge >= 0.3 is 0 Å². The Morgan fingerprint density at radius 3 is 2.62 bits per heavy atom. The average molecular weight is 308 g/mol. The van der Waals surface area contributed by atoms with Gasteiger partial charge in [-0.05, 0) is 37.6 Å². The van der Waals surface area contributed by atoms with Crippen molar-refractivity contribution in [1.82, 2.24) is 5.32 Å². The van der Waals surface area contributed by atoms with Gasteiger partial charge in [0.2, 0.25) is 0 Å². The van der Waals surface area contributed by atoms with Crippen LogP contribution >= 0.6 is 28.3 Å². The Hall–Kier alpha value is -0.580. The van der Waals surface area contributed by atoms with Crippen LogP contribution in [0.3, 0.4) is 0 Å². The molecule has 1 atom stereocenters. The van der Waals surface area contributed by atoms with Crippen molar-refractivity contribution < 1.29 is 4.79 Å². The zero-order chi connectivity index (χ0) is 11.4. The fraction of sp³-hybridized carbons (Fsp3) is 0.364. The lowest BCUT2D eigenvalue weighted by atomic mass is 10.1. The molecular weight excluding hydrogens is 291 g/mol. The van der Waals surface area contributed by atoms with Gasteiger partial charge in [0.25, 0.3) is 5.91 Å². The van der Waals surface area contributed by atoms with Crippen LogP contribution in [0.15, 0.2) is 22.7 Å². The number of nitrogens with one attached hydrogen (secondary N) is 1. The molecule has 90 valence electrons. The van der Waals surface area contributed by atoms with Crippen molar-refractivity contribution in [2.75, 3.05) is 6.54 Å². The summed E-state index contributed by atoms with van der Waals surface area (Å²) in [5.74, 6) is -0.0858. The molecule has 1 aromatic rings. The lowest BCUT2D eigenvalue weighted by Gasteiger charge is -2.11. The monoisotopic (exact) mass is 306 g/mol. The van der Waals surface area contributed by atoms with Crippen LogP contribution in [0.2, 0.25) is 0 Å². The molecule has 1 amide bonds. The van der Waals surface area contributed by atoms with Gasteiger partial charge in [-0.1, -0.05) is 15.9 Å². The molecule has 0 aliphatic heterocycles. The molecule has 0 aliphatic rings. The normalized spacial score (nSPS) is 11.5. The van der Waals surface area contributed by atoms with Gasteiger partial charge in [-0.2, -0.15) is 0 Å². The van der Waals surface area contributed by atoms with E-state index in [4.69, 9.17) is 5.73 Å². The fourth-order valence-corrected chi connectivity index (χ4v) is 1.84. The number of hydrogen-bond donors (Lipinski definition) is 2. The molecule has 0 saturated carbocycles. The van der Waals surface area contributed by atoms with Crippen molar-refractivity contribution in [3.05, 3.63) is 33.8 Å². The highest BCUT2D eigenvalue weighted by Crippen LogP contribution is 2.15. The van der Waals surface area contributed by atoms with Gasteiger partial charge in [0.15, 0.2) is 0 Å². The van der Waals surface area contributed by atoms with E-state index in [-0.39, 0.29) is 24.4 Å². The summed E-state index contributed by atoms with van der Waals surface area (Å²) in [4.78, 5) is 11.7. The molecule has 0 bridgehead atoms. The minimum atomic E-state index is -0.0858. The molecule has 16 heavy (non-hydrogen) atoms. The molecular formula is C11H16BrClN2O. The van der Waals surface area contributed by atoms with Gasteiger partial charge in [-0.15, -0.1) is 12.4 Å². The summed E-state index contributed by atoms with van der Waals surface area (Å²) in [6.07, 6.45) is 0. The second-order valence-electron chi connectivity index (χ2n) is 3.63. The minimum absolute atomic E-state index is 0. The molecule has 0 unspecified atom stereocenters. The molecule has 0 radical (unpaired) electrons. The third-order valence-corrected chi connectivity index (χ3v) is 2.49. The van der Waals surface area contributed by atoms with Crippen LogP contribution in [0, 0.1) is 6.92 Å². The molecule has 0 fully saturated rings. The maximum Gasteiger partial charge on any atom is 0.251 e. The largest absolute Gasteiger partial charge is 0.348 e. The predicted molar refractivity (Wildman–Crippen MR) is 72.1 cm³/mol. The van der Waals surface area contributed by atoms with E-state index < -0.39 is 0 Å². The average Bonchev–Trinajstić information content (AvgIpc) is 2.16. The van der Waals surface area contributed by atoms with E-state index in [0.29, 0.717) is 12.1 Å². The quantitative estimate of drug-likeness (QED) is 0.900. The Balaban J connectivity index is 0.00000225. The van der Waals surface area contributed by atoms with E-state index in [1.807, 2.05) is 26.0 Å². The third-order valence-electron chi connectivity index (χ3n) is 2.04. The Morgan fingerprint density at radius 2 is 2.12 bits per heavy atom. The maximum atomic E-state index is 11.7. The van der Waals surface area contributed by atoms with Crippen LogP contribution < -0.4 is 11.1 Å². The maximum absolute atomic E-state index is 11.7. The van der Waals surface area contributed by atoms with Gasteiger partial charge in [0, 0.05) is 22.6 Å². The number of nitrogens with two attached hydrogens (primary N) is 1. The Bertz CT molecular complexity index is 351. The van der Waals surface area contributed by atoms with E-state index >= 15 is 0 Å². The number of aryl methyl sites for hydroxylation is 1. The second-order valence-corrected chi connectivity index (χ2v) is 4.54. The minimum Gasteiger partial charge on any atom is -0.348 e. The summed E-state index contributed by atoms with van der Waals surface area (Å²) in [6.45, 7) is 4.27. The van der Waals surface area contributed by atoms with E-state index in [1.165, 1.54) is 0 Å². The molecule has 3 N–H and O–H groups in total. The summed E-state index contributed by atoms with van der Waals surface area (Å²) in [7, 11) is 0. The molecule has 0 aromatic heterocycles. The number of benzene rings is 1. The summed E-state index contributed by atoms with van der Waals surface area (Å²) < 4.78 is 0.910. The SMILES string of the molecule is Cc1cc(Br)cc(C(=O)N[C@H](C)CN)c1.Cl. The van der Waals surface area contributed by atoms with Crippen molar-refractivity contribution >= 4 is 34.2 Å². The van der Waals surface area contributed by atoms with E-state index in [0.717, 1.165) is 10.0 Å². The van der Waals surface area contributed by atoms with E-state index in [2.05, 4.69) is 21.2 Å². The molecule has 0 spiro atoms. The van der Waals surface area contributed by atoms with Gasteiger partial charge in [-0.25, -0.2) is 0 Å². The van der Waals surface area contributed by atoms with Crippen LogP contribution in [-0.4, -0.2) is 18.5 Å². The first-order chi connectivity index (χ1) is 7.02. The van der Waals surface area contributed by atoms with Crippen molar-refractivity contribution in [1.29, 1.82) is 0 Å². The number of hydrogen-bond acceptors (Lipinski definition) is 2. The summed E-state index contributed by atoms with van der Waals surface area (Å²) in [5, 5.41) is 2.82. The first-order valence-electron chi connectivity index (χ1n) is 4.81. The zero-order valence-electron chi connectivity index (χ0n) is 9.29. The van der Waals surface area contributed by atoms with Gasteiger partial charge < -0.3 is 11.1 Å². The molecule has 5 heteroatoms. The highest BCUT2D eigenvalue weighted by atomic mass is 79.9. The molecule has 1 aromatic carbocycles. The third kappa shape index (κ3) is 4.51. The van der Waals surface area contributed by atoms with Crippen molar-refractivity contribution in [3.8, 4) is 0 Å². The zero-order valence-corrected chi connectivity index (χ0v) is 11.7. The number of carbonyl (C=O) groups is 1. The van der Waals surface area contributed by atoms with E-state index in [9.17, 15) is 4.79 Å². The lowest BCUT2D eigenvalue weighted by Crippen LogP contribution is -2.37. The van der Waals surface area contributed by atoms with E-state index in [1.54, 1.807) is 6.07 Å². The number of rotatable bonds is 3. The molecule has 3 nitrogen and oxygen atoms in total. The fourth-order valence-electron chi connectivity index (χ4n) is 1.23. The predicted octanol–water partition coefficient (Wildman–Crippen LogP) is 2.26. The second kappa shape index (κ2) is 6.89. The van der Waals surface area contributed by atoms with Crippen molar-refractivity contribution in [2.24, 2.45) is 5.73 Å². The van der Waals surface area contributed by atoms with Crippen LogP contribution in [0.4, 0.5) is 0 Å². The van der Waals surface area contributed by atoms with Crippen LogP contribution in [-0.2, 0) is 0 Å². The summed E-state index contributed by atoms with van der Waals surface area (Å²) in [5.41, 5.74) is 7.14.